The second kappa shape index (κ2) is 7.22. The minimum Gasteiger partial charge on any atom is -0.454 e. The van der Waals surface area contributed by atoms with Crippen molar-refractivity contribution in [3.63, 3.8) is 0 Å². The standard InChI is InChI=1S/C20H16N4O3/c21-11-15-8-14-9-17-18(27-12-26-17)10-16(14)24-19(15)22-6-7-23-20(25)13-4-2-1-3-5-13/h1-5,8-10H,6-7,12H2,(H,22,24)(H,23,25). The molecule has 0 atom stereocenters. The van der Waals surface area contributed by atoms with Crippen LogP contribution in [0.2, 0.25) is 0 Å². The van der Waals surface area contributed by atoms with Crippen molar-refractivity contribution in [2.24, 2.45) is 0 Å². The third-order valence-corrected chi connectivity index (χ3v) is 4.17. The quantitative estimate of drug-likeness (QED) is 0.679. The van der Waals surface area contributed by atoms with Crippen LogP contribution in [0.15, 0.2) is 48.5 Å². The lowest BCUT2D eigenvalue weighted by Gasteiger charge is -2.10. The van der Waals surface area contributed by atoms with Gasteiger partial charge in [0.15, 0.2) is 11.5 Å². The van der Waals surface area contributed by atoms with E-state index >= 15 is 0 Å². The lowest BCUT2D eigenvalue weighted by Crippen LogP contribution is -2.29. The van der Waals surface area contributed by atoms with Crippen molar-refractivity contribution in [1.82, 2.24) is 10.3 Å². The summed E-state index contributed by atoms with van der Waals surface area (Å²) in [5.74, 6) is 1.62. The zero-order chi connectivity index (χ0) is 18.6. The summed E-state index contributed by atoms with van der Waals surface area (Å²) >= 11 is 0. The normalized spacial score (nSPS) is 11.8. The first-order valence-electron chi connectivity index (χ1n) is 8.46. The molecular weight excluding hydrogens is 344 g/mol. The molecule has 4 rings (SSSR count). The number of benzene rings is 2. The van der Waals surface area contributed by atoms with Gasteiger partial charge in [0.25, 0.3) is 5.91 Å². The van der Waals surface area contributed by atoms with E-state index < -0.39 is 0 Å². The first-order chi connectivity index (χ1) is 13.2. The Bertz CT molecular complexity index is 1040. The zero-order valence-electron chi connectivity index (χ0n) is 14.4. The van der Waals surface area contributed by atoms with Crippen LogP contribution in [0.4, 0.5) is 5.82 Å². The van der Waals surface area contributed by atoms with Crippen LogP contribution in [0.25, 0.3) is 10.9 Å². The molecule has 0 spiro atoms. The van der Waals surface area contributed by atoms with E-state index in [4.69, 9.17) is 9.47 Å². The van der Waals surface area contributed by atoms with Gasteiger partial charge in [-0.25, -0.2) is 4.98 Å². The highest BCUT2D eigenvalue weighted by atomic mass is 16.7. The molecule has 0 fully saturated rings. The molecule has 7 heteroatoms. The highest BCUT2D eigenvalue weighted by Gasteiger charge is 2.16. The maximum Gasteiger partial charge on any atom is 0.251 e. The molecule has 0 saturated heterocycles. The Labute approximate surface area is 155 Å². The molecular formula is C20H16N4O3. The van der Waals surface area contributed by atoms with Crippen LogP contribution < -0.4 is 20.1 Å². The number of fused-ring (bicyclic) bond motifs is 2. The molecule has 0 bridgehead atoms. The van der Waals surface area contributed by atoms with Crippen LogP contribution >= 0.6 is 0 Å². The summed E-state index contributed by atoms with van der Waals surface area (Å²) in [6.07, 6.45) is 0. The Morgan fingerprint density at radius 1 is 1.11 bits per heavy atom. The number of anilines is 1. The van der Waals surface area contributed by atoms with E-state index in [1.807, 2.05) is 24.3 Å². The fourth-order valence-electron chi connectivity index (χ4n) is 2.83. The minimum atomic E-state index is -0.142. The molecule has 7 nitrogen and oxygen atoms in total. The van der Waals surface area contributed by atoms with Crippen molar-refractivity contribution >= 4 is 22.6 Å². The molecule has 2 N–H and O–H groups in total. The molecule has 2 heterocycles. The number of aromatic nitrogens is 1. The molecule has 27 heavy (non-hydrogen) atoms. The number of nitriles is 1. The molecule has 1 aliphatic heterocycles. The van der Waals surface area contributed by atoms with E-state index in [9.17, 15) is 10.1 Å². The Kier molecular flexibility index (Phi) is 4.45. The van der Waals surface area contributed by atoms with Crippen LogP contribution in [-0.4, -0.2) is 30.8 Å². The van der Waals surface area contributed by atoms with Crippen molar-refractivity contribution < 1.29 is 14.3 Å². The highest BCUT2D eigenvalue weighted by molar-refractivity contribution is 5.94. The third kappa shape index (κ3) is 3.46. The number of nitrogens with one attached hydrogen (secondary N) is 2. The van der Waals surface area contributed by atoms with Gasteiger partial charge in [-0.05, 0) is 24.3 Å². The van der Waals surface area contributed by atoms with Gasteiger partial charge in [-0.3, -0.25) is 4.79 Å². The number of carbonyl (C=O) groups is 1. The maximum atomic E-state index is 12.0. The predicted molar refractivity (Wildman–Crippen MR) is 99.8 cm³/mol. The van der Waals surface area contributed by atoms with Gasteiger partial charge in [0, 0.05) is 30.1 Å². The Morgan fingerprint density at radius 2 is 1.89 bits per heavy atom. The molecule has 2 aromatic carbocycles. The van der Waals surface area contributed by atoms with Crippen LogP contribution in [0.5, 0.6) is 11.5 Å². The SMILES string of the molecule is N#Cc1cc2cc3c(cc2nc1NCCNC(=O)c1ccccc1)OCO3. The number of ether oxygens (including phenoxy) is 2. The Hall–Kier alpha value is -3.79. The molecule has 1 amide bonds. The summed E-state index contributed by atoms with van der Waals surface area (Å²) < 4.78 is 10.7. The monoisotopic (exact) mass is 360 g/mol. The Morgan fingerprint density at radius 3 is 2.67 bits per heavy atom. The van der Waals surface area contributed by atoms with Crippen LogP contribution in [0.1, 0.15) is 15.9 Å². The lowest BCUT2D eigenvalue weighted by molar-refractivity contribution is 0.0955. The molecule has 1 aromatic heterocycles. The molecule has 134 valence electrons. The van der Waals surface area contributed by atoms with Gasteiger partial charge >= 0.3 is 0 Å². The first kappa shape index (κ1) is 16.7. The summed E-state index contributed by atoms with van der Waals surface area (Å²) in [5.41, 5.74) is 1.74. The van der Waals surface area contributed by atoms with Crippen molar-refractivity contribution in [3.8, 4) is 17.6 Å². The van der Waals surface area contributed by atoms with E-state index in [1.54, 1.807) is 24.3 Å². The number of pyridine rings is 1. The maximum absolute atomic E-state index is 12.0. The molecule has 0 unspecified atom stereocenters. The number of rotatable bonds is 5. The van der Waals surface area contributed by atoms with Gasteiger partial charge in [-0.15, -0.1) is 0 Å². The molecule has 1 aliphatic rings. The number of hydrogen-bond acceptors (Lipinski definition) is 6. The summed E-state index contributed by atoms with van der Waals surface area (Å²) in [5, 5.41) is 16.2. The van der Waals surface area contributed by atoms with Crippen LogP contribution in [0, 0.1) is 11.3 Å². The number of carbonyl (C=O) groups excluding carboxylic acids is 1. The molecule has 0 radical (unpaired) electrons. The Balaban J connectivity index is 1.44. The largest absolute Gasteiger partial charge is 0.454 e. The van der Waals surface area contributed by atoms with Gasteiger partial charge in [-0.1, -0.05) is 18.2 Å². The molecule has 0 saturated carbocycles. The predicted octanol–water partition coefficient (Wildman–Crippen LogP) is 2.68. The van der Waals surface area contributed by atoms with Gasteiger partial charge in [-0.2, -0.15) is 5.26 Å². The van der Waals surface area contributed by atoms with Crippen molar-refractivity contribution in [2.75, 3.05) is 25.2 Å². The second-order valence-electron chi connectivity index (χ2n) is 5.94. The van der Waals surface area contributed by atoms with E-state index in [0.29, 0.717) is 47.1 Å². The average molecular weight is 360 g/mol. The minimum absolute atomic E-state index is 0.142. The van der Waals surface area contributed by atoms with Gasteiger partial charge in [0.05, 0.1) is 11.1 Å². The molecule has 0 aliphatic carbocycles. The van der Waals surface area contributed by atoms with Gasteiger partial charge in [0.1, 0.15) is 11.9 Å². The fraction of sp³-hybridized carbons (Fsp3) is 0.150. The smallest absolute Gasteiger partial charge is 0.251 e. The zero-order valence-corrected chi connectivity index (χ0v) is 14.4. The highest BCUT2D eigenvalue weighted by Crippen LogP contribution is 2.36. The van der Waals surface area contributed by atoms with Crippen LogP contribution in [0.3, 0.4) is 0 Å². The summed E-state index contributed by atoms with van der Waals surface area (Å²) in [4.78, 5) is 16.5. The van der Waals surface area contributed by atoms with Crippen molar-refractivity contribution in [3.05, 3.63) is 59.7 Å². The number of amides is 1. The molecule has 3 aromatic rings. The first-order valence-corrected chi connectivity index (χ1v) is 8.46. The van der Waals surface area contributed by atoms with E-state index in [-0.39, 0.29) is 12.7 Å². The van der Waals surface area contributed by atoms with Crippen molar-refractivity contribution in [1.29, 1.82) is 5.26 Å². The summed E-state index contributed by atoms with van der Waals surface area (Å²) in [6, 6.07) is 16.5. The van der Waals surface area contributed by atoms with Crippen molar-refractivity contribution in [2.45, 2.75) is 0 Å². The van der Waals surface area contributed by atoms with Gasteiger partial charge in [0.2, 0.25) is 6.79 Å². The summed E-state index contributed by atoms with van der Waals surface area (Å²) in [6.45, 7) is 1.03. The number of nitrogens with zero attached hydrogens (tertiary/aromatic N) is 2. The fourth-order valence-corrected chi connectivity index (χ4v) is 2.83. The van der Waals surface area contributed by atoms with E-state index in [0.717, 1.165) is 5.39 Å². The van der Waals surface area contributed by atoms with Gasteiger partial charge < -0.3 is 20.1 Å². The third-order valence-electron chi connectivity index (χ3n) is 4.17. The van der Waals surface area contributed by atoms with E-state index in [2.05, 4.69) is 21.7 Å². The number of hydrogen-bond donors (Lipinski definition) is 2. The second-order valence-corrected chi connectivity index (χ2v) is 5.94. The average Bonchev–Trinajstić information content (AvgIpc) is 3.16. The topological polar surface area (TPSA) is 96.3 Å². The summed E-state index contributed by atoms with van der Waals surface area (Å²) in [7, 11) is 0. The lowest BCUT2D eigenvalue weighted by atomic mass is 10.1. The van der Waals surface area contributed by atoms with E-state index in [1.165, 1.54) is 0 Å². The van der Waals surface area contributed by atoms with Crippen LogP contribution in [-0.2, 0) is 0 Å².